The van der Waals surface area contributed by atoms with Crippen LogP contribution in [0.1, 0.15) is 17.0 Å². The molecule has 2 heterocycles. The Bertz CT molecular complexity index is 1170. The van der Waals surface area contributed by atoms with Crippen molar-refractivity contribution in [3.63, 3.8) is 0 Å². The summed E-state index contributed by atoms with van der Waals surface area (Å²) < 4.78 is 25.0. The van der Waals surface area contributed by atoms with Crippen LogP contribution in [0.15, 0.2) is 72.8 Å². The molecule has 0 fully saturated rings. The van der Waals surface area contributed by atoms with Gasteiger partial charge in [0.05, 0.1) is 6.16 Å². The van der Waals surface area contributed by atoms with Crippen molar-refractivity contribution in [2.75, 3.05) is 6.16 Å². The first-order chi connectivity index (χ1) is 12.7. The minimum atomic E-state index is -3.18. The van der Waals surface area contributed by atoms with E-state index in [9.17, 15) is 4.57 Å². The molecule has 0 unspecified atom stereocenters. The van der Waals surface area contributed by atoms with Gasteiger partial charge in [-0.15, -0.1) is 0 Å². The zero-order valence-electron chi connectivity index (χ0n) is 13.9. The molecule has 0 spiro atoms. The van der Waals surface area contributed by atoms with Crippen molar-refractivity contribution in [2.24, 2.45) is 0 Å². The third-order valence-corrected chi connectivity index (χ3v) is 7.15. The van der Waals surface area contributed by atoms with Crippen LogP contribution in [-0.2, 0) is 4.57 Å². The van der Waals surface area contributed by atoms with Gasteiger partial charge in [-0.1, -0.05) is 48.5 Å². The second-order valence-electron chi connectivity index (χ2n) is 7.00. The molecule has 4 heteroatoms. The first-order valence-electron chi connectivity index (χ1n) is 8.72. The molecule has 0 radical (unpaired) electrons. The van der Waals surface area contributed by atoms with Gasteiger partial charge < -0.3 is 9.05 Å². The molecule has 0 amide bonds. The van der Waals surface area contributed by atoms with Crippen molar-refractivity contribution in [1.29, 1.82) is 0 Å². The Morgan fingerprint density at radius 1 is 0.692 bits per heavy atom. The molecule has 0 aliphatic carbocycles. The summed E-state index contributed by atoms with van der Waals surface area (Å²) in [6, 6.07) is 24.7. The van der Waals surface area contributed by atoms with Gasteiger partial charge >= 0.3 is 7.60 Å². The number of rotatable bonds is 0. The van der Waals surface area contributed by atoms with Crippen molar-refractivity contribution in [2.45, 2.75) is 5.92 Å². The van der Waals surface area contributed by atoms with Crippen LogP contribution in [0, 0.1) is 0 Å². The predicted molar refractivity (Wildman–Crippen MR) is 103 cm³/mol. The van der Waals surface area contributed by atoms with Crippen LogP contribution in [0.4, 0.5) is 0 Å². The molecular formula is C22H15O3P. The van der Waals surface area contributed by atoms with E-state index in [1.54, 1.807) is 0 Å². The Hall–Kier alpha value is -2.77. The smallest absolute Gasteiger partial charge is 0.416 e. The second kappa shape index (κ2) is 4.90. The van der Waals surface area contributed by atoms with Crippen molar-refractivity contribution in [1.82, 2.24) is 0 Å². The second-order valence-corrected chi connectivity index (χ2v) is 8.96. The fraction of sp³-hybridized carbons (Fsp3) is 0.0909. The molecule has 4 aromatic carbocycles. The summed E-state index contributed by atoms with van der Waals surface area (Å²) in [6.45, 7) is 0. The number of hydrogen-bond acceptors (Lipinski definition) is 3. The summed E-state index contributed by atoms with van der Waals surface area (Å²) in [5, 5.41) is 4.50. The van der Waals surface area contributed by atoms with E-state index in [2.05, 4.69) is 24.3 Å². The molecule has 4 aromatic rings. The molecule has 0 N–H and O–H groups in total. The van der Waals surface area contributed by atoms with Crippen LogP contribution in [0.5, 0.6) is 11.5 Å². The van der Waals surface area contributed by atoms with E-state index in [0.717, 1.165) is 21.9 Å². The zero-order chi connectivity index (χ0) is 17.3. The highest BCUT2D eigenvalue weighted by atomic mass is 31.2. The minimum absolute atomic E-state index is 0.0301. The van der Waals surface area contributed by atoms with E-state index in [4.69, 9.17) is 9.05 Å². The molecule has 0 aromatic heterocycles. The molecule has 2 bridgehead atoms. The molecule has 0 saturated carbocycles. The third kappa shape index (κ3) is 1.98. The average molecular weight is 358 g/mol. The van der Waals surface area contributed by atoms with Gasteiger partial charge in [-0.05, 0) is 45.8 Å². The van der Waals surface area contributed by atoms with Gasteiger partial charge in [0.15, 0.2) is 0 Å². The van der Waals surface area contributed by atoms with Crippen LogP contribution in [0.3, 0.4) is 0 Å². The Balaban J connectivity index is 1.65. The fourth-order valence-corrected chi connectivity index (χ4v) is 6.10. The van der Waals surface area contributed by atoms with Crippen LogP contribution >= 0.6 is 7.60 Å². The quantitative estimate of drug-likeness (QED) is 0.356. The van der Waals surface area contributed by atoms with Gasteiger partial charge in [-0.2, -0.15) is 0 Å². The highest BCUT2D eigenvalue weighted by Crippen LogP contribution is 2.63. The van der Waals surface area contributed by atoms with Gasteiger partial charge in [-0.25, -0.2) is 4.57 Å². The highest BCUT2D eigenvalue weighted by molar-refractivity contribution is 7.55. The maximum atomic E-state index is 13.2. The Kier molecular flexibility index (Phi) is 2.71. The van der Waals surface area contributed by atoms with Gasteiger partial charge in [0.2, 0.25) is 0 Å². The number of hydrogen-bond donors (Lipinski definition) is 0. The molecule has 126 valence electrons. The van der Waals surface area contributed by atoms with Crippen molar-refractivity contribution < 1.29 is 13.6 Å². The average Bonchev–Trinajstić information content (AvgIpc) is 2.65. The fourth-order valence-electron chi connectivity index (χ4n) is 4.16. The lowest BCUT2D eigenvalue weighted by atomic mass is 9.88. The Morgan fingerprint density at radius 2 is 1.12 bits per heavy atom. The Morgan fingerprint density at radius 3 is 1.58 bits per heavy atom. The first-order valence-corrected chi connectivity index (χ1v) is 10.4. The lowest BCUT2D eigenvalue weighted by Gasteiger charge is -2.37. The molecule has 6 rings (SSSR count). The number of benzene rings is 4. The van der Waals surface area contributed by atoms with Crippen LogP contribution in [0.2, 0.25) is 0 Å². The summed E-state index contributed by atoms with van der Waals surface area (Å²) in [4.78, 5) is 0. The first kappa shape index (κ1) is 14.4. The maximum absolute atomic E-state index is 13.2. The summed E-state index contributed by atoms with van der Waals surface area (Å²) >= 11 is 0. The van der Waals surface area contributed by atoms with E-state index in [1.165, 1.54) is 10.8 Å². The van der Waals surface area contributed by atoms with Crippen molar-refractivity contribution in [3.05, 3.63) is 83.9 Å². The van der Waals surface area contributed by atoms with Crippen molar-refractivity contribution in [3.8, 4) is 11.5 Å². The molecule has 2 aliphatic rings. The summed E-state index contributed by atoms with van der Waals surface area (Å²) in [7, 11) is -3.18. The minimum Gasteiger partial charge on any atom is -0.416 e. The summed E-state index contributed by atoms with van der Waals surface area (Å²) in [5.74, 6) is 1.40. The monoisotopic (exact) mass is 358 g/mol. The SMILES string of the molecule is O=P12CC(c3cc4ccccc4cc3O1)c1cc3ccccc3cc1O2. The molecule has 0 saturated heterocycles. The van der Waals surface area contributed by atoms with Crippen LogP contribution in [-0.4, -0.2) is 6.16 Å². The standard InChI is InChI=1S/C22H15O3P/c23-26-13-20(18-9-14-5-1-3-7-16(14)11-21(18)24-26)19-10-15-6-2-4-8-17(15)12-22(19)25-26/h1-12,20H,13H2. The summed E-state index contributed by atoms with van der Waals surface area (Å²) in [5.41, 5.74) is 2.19. The van der Waals surface area contributed by atoms with E-state index >= 15 is 0 Å². The third-order valence-electron chi connectivity index (χ3n) is 5.39. The van der Waals surface area contributed by atoms with Gasteiger partial charge in [0.25, 0.3) is 0 Å². The Labute approximate surface area is 150 Å². The van der Waals surface area contributed by atoms with E-state index in [1.807, 2.05) is 48.5 Å². The van der Waals surface area contributed by atoms with Gasteiger partial charge in [0, 0.05) is 17.0 Å². The topological polar surface area (TPSA) is 35.5 Å². The molecule has 0 atom stereocenters. The largest absolute Gasteiger partial charge is 0.431 e. The highest BCUT2D eigenvalue weighted by Gasteiger charge is 2.45. The molecular weight excluding hydrogens is 343 g/mol. The zero-order valence-corrected chi connectivity index (χ0v) is 14.8. The normalized spacial score (nSPS) is 23.0. The lowest BCUT2D eigenvalue weighted by molar-refractivity contribution is 0.358. The van der Waals surface area contributed by atoms with E-state index in [-0.39, 0.29) is 5.92 Å². The maximum Gasteiger partial charge on any atom is 0.431 e. The van der Waals surface area contributed by atoms with Gasteiger partial charge in [-0.3, -0.25) is 0 Å². The molecule has 2 aliphatic heterocycles. The van der Waals surface area contributed by atoms with Crippen LogP contribution < -0.4 is 9.05 Å². The number of fused-ring (bicyclic) bond motifs is 8. The lowest BCUT2D eigenvalue weighted by Crippen LogP contribution is -2.24. The van der Waals surface area contributed by atoms with E-state index < -0.39 is 7.60 Å². The van der Waals surface area contributed by atoms with Crippen LogP contribution in [0.25, 0.3) is 21.5 Å². The molecule has 3 nitrogen and oxygen atoms in total. The van der Waals surface area contributed by atoms with Gasteiger partial charge in [0.1, 0.15) is 11.5 Å². The van der Waals surface area contributed by atoms with E-state index in [0.29, 0.717) is 17.7 Å². The molecule has 26 heavy (non-hydrogen) atoms. The predicted octanol–water partition coefficient (Wildman–Crippen LogP) is 6.10. The van der Waals surface area contributed by atoms with Crippen molar-refractivity contribution >= 4 is 29.1 Å². The summed E-state index contributed by atoms with van der Waals surface area (Å²) in [6.07, 6.45) is 0.393.